The van der Waals surface area contributed by atoms with E-state index in [2.05, 4.69) is 9.97 Å². The monoisotopic (exact) mass is 264 g/mol. The molecule has 0 radical (unpaired) electrons. The number of nitrogens with zero attached hydrogens (tertiary/aromatic N) is 3. The van der Waals surface area contributed by atoms with E-state index in [1.54, 1.807) is 11.1 Å². The van der Waals surface area contributed by atoms with Crippen molar-refractivity contribution in [2.24, 2.45) is 5.73 Å². The van der Waals surface area contributed by atoms with Gasteiger partial charge in [-0.25, -0.2) is 14.8 Å². The first-order chi connectivity index (χ1) is 8.89. The lowest BCUT2D eigenvalue weighted by Gasteiger charge is -2.30. The number of aromatic nitrogens is 2. The maximum Gasteiger partial charge on any atom is 0.410 e. The smallest absolute Gasteiger partial charge is 0.410 e. The van der Waals surface area contributed by atoms with Gasteiger partial charge in [-0.2, -0.15) is 0 Å². The van der Waals surface area contributed by atoms with E-state index in [4.69, 9.17) is 10.5 Å². The standard InChI is InChI=1S/C13H20N4O2/c1-13(2,3)19-12(18)17-5-4-10-9(8-17)7-15-11(6-14)16-10/h7H,4-6,8,14H2,1-3H3. The molecule has 1 aromatic rings. The molecular weight excluding hydrogens is 244 g/mol. The lowest BCUT2D eigenvalue weighted by molar-refractivity contribution is 0.0222. The molecule has 0 spiro atoms. The normalized spacial score (nSPS) is 15.1. The van der Waals surface area contributed by atoms with E-state index in [0.29, 0.717) is 31.9 Å². The Morgan fingerprint density at radius 2 is 2.26 bits per heavy atom. The Labute approximate surface area is 113 Å². The maximum absolute atomic E-state index is 12.0. The topological polar surface area (TPSA) is 81.3 Å². The fourth-order valence-corrected chi connectivity index (χ4v) is 1.94. The first-order valence-corrected chi connectivity index (χ1v) is 6.41. The molecule has 1 aromatic heterocycles. The number of nitrogens with two attached hydrogens (primary N) is 1. The quantitative estimate of drug-likeness (QED) is 0.825. The van der Waals surface area contributed by atoms with Crippen molar-refractivity contribution < 1.29 is 9.53 Å². The third kappa shape index (κ3) is 3.41. The average molecular weight is 264 g/mol. The van der Waals surface area contributed by atoms with Gasteiger partial charge in [-0.1, -0.05) is 0 Å². The van der Waals surface area contributed by atoms with Gasteiger partial charge in [-0.3, -0.25) is 0 Å². The molecule has 0 atom stereocenters. The zero-order valence-corrected chi connectivity index (χ0v) is 11.6. The summed E-state index contributed by atoms with van der Waals surface area (Å²) in [4.78, 5) is 22.2. The molecule has 104 valence electrons. The Kier molecular flexibility index (Phi) is 3.71. The highest BCUT2D eigenvalue weighted by Crippen LogP contribution is 2.19. The van der Waals surface area contributed by atoms with Gasteiger partial charge in [0.15, 0.2) is 0 Å². The van der Waals surface area contributed by atoms with Gasteiger partial charge in [0.1, 0.15) is 11.4 Å². The molecule has 1 amide bonds. The highest BCUT2D eigenvalue weighted by molar-refractivity contribution is 5.68. The van der Waals surface area contributed by atoms with Crippen molar-refractivity contribution in [2.45, 2.75) is 45.9 Å². The molecule has 6 nitrogen and oxygen atoms in total. The lowest BCUT2D eigenvalue weighted by Crippen LogP contribution is -2.40. The molecule has 6 heteroatoms. The molecule has 0 unspecified atom stereocenters. The molecule has 19 heavy (non-hydrogen) atoms. The van der Waals surface area contributed by atoms with Crippen LogP contribution in [0.4, 0.5) is 4.79 Å². The number of hydrogen-bond acceptors (Lipinski definition) is 5. The maximum atomic E-state index is 12.0. The summed E-state index contributed by atoms with van der Waals surface area (Å²) in [7, 11) is 0. The molecule has 2 heterocycles. The van der Waals surface area contributed by atoms with Crippen LogP contribution in [0, 0.1) is 0 Å². The van der Waals surface area contributed by atoms with Crippen LogP contribution >= 0.6 is 0 Å². The molecular formula is C13H20N4O2. The predicted molar refractivity (Wildman–Crippen MR) is 70.3 cm³/mol. The highest BCUT2D eigenvalue weighted by atomic mass is 16.6. The predicted octanol–water partition coefficient (Wildman–Crippen LogP) is 1.23. The molecule has 2 N–H and O–H groups in total. The SMILES string of the molecule is CC(C)(C)OC(=O)N1CCc2nc(CN)ncc2C1. The largest absolute Gasteiger partial charge is 0.444 e. The molecule has 0 saturated carbocycles. The number of amides is 1. The number of rotatable bonds is 1. The zero-order chi connectivity index (χ0) is 14.0. The first-order valence-electron chi connectivity index (χ1n) is 6.41. The lowest BCUT2D eigenvalue weighted by atomic mass is 10.1. The van der Waals surface area contributed by atoms with E-state index in [9.17, 15) is 4.79 Å². The number of carbonyl (C=O) groups is 1. The van der Waals surface area contributed by atoms with Crippen LogP contribution in [0.5, 0.6) is 0 Å². The van der Waals surface area contributed by atoms with Crippen LogP contribution in [0.15, 0.2) is 6.20 Å². The first kappa shape index (κ1) is 13.7. The van der Waals surface area contributed by atoms with E-state index >= 15 is 0 Å². The van der Waals surface area contributed by atoms with Crippen molar-refractivity contribution in [1.29, 1.82) is 0 Å². The van der Waals surface area contributed by atoms with E-state index in [-0.39, 0.29) is 6.09 Å². The number of hydrogen-bond donors (Lipinski definition) is 1. The molecule has 0 fully saturated rings. The van der Waals surface area contributed by atoms with Crippen molar-refractivity contribution in [1.82, 2.24) is 14.9 Å². The van der Waals surface area contributed by atoms with Gasteiger partial charge in [0.2, 0.25) is 0 Å². The van der Waals surface area contributed by atoms with Crippen molar-refractivity contribution in [3.63, 3.8) is 0 Å². The number of carbonyl (C=O) groups excluding carboxylic acids is 1. The fraction of sp³-hybridized carbons (Fsp3) is 0.615. The van der Waals surface area contributed by atoms with Gasteiger partial charge in [-0.15, -0.1) is 0 Å². The summed E-state index contributed by atoms with van der Waals surface area (Å²) in [5.41, 5.74) is 6.99. The minimum absolute atomic E-state index is 0.291. The van der Waals surface area contributed by atoms with Gasteiger partial charge >= 0.3 is 6.09 Å². The van der Waals surface area contributed by atoms with E-state index in [0.717, 1.165) is 11.3 Å². The highest BCUT2D eigenvalue weighted by Gasteiger charge is 2.26. The Bertz CT molecular complexity index is 482. The van der Waals surface area contributed by atoms with Crippen molar-refractivity contribution in [3.8, 4) is 0 Å². The third-order valence-corrected chi connectivity index (χ3v) is 2.82. The minimum atomic E-state index is -0.475. The average Bonchev–Trinajstić information content (AvgIpc) is 2.35. The molecule has 2 rings (SSSR count). The third-order valence-electron chi connectivity index (χ3n) is 2.82. The summed E-state index contributed by atoms with van der Waals surface area (Å²) < 4.78 is 5.36. The Balaban J connectivity index is 2.08. The molecule has 0 aromatic carbocycles. The van der Waals surface area contributed by atoms with Crippen LogP contribution < -0.4 is 5.73 Å². The molecule has 0 saturated heterocycles. The Morgan fingerprint density at radius 1 is 1.53 bits per heavy atom. The second kappa shape index (κ2) is 5.13. The summed E-state index contributed by atoms with van der Waals surface area (Å²) in [5, 5.41) is 0. The fourth-order valence-electron chi connectivity index (χ4n) is 1.94. The van der Waals surface area contributed by atoms with E-state index in [1.165, 1.54) is 0 Å². The second-order valence-electron chi connectivity index (χ2n) is 5.61. The van der Waals surface area contributed by atoms with Gasteiger partial charge in [0.25, 0.3) is 0 Å². The van der Waals surface area contributed by atoms with Gasteiger partial charge in [0, 0.05) is 24.7 Å². The van der Waals surface area contributed by atoms with Crippen molar-refractivity contribution >= 4 is 6.09 Å². The van der Waals surface area contributed by atoms with E-state index < -0.39 is 5.60 Å². The number of ether oxygens (including phenoxy) is 1. The van der Waals surface area contributed by atoms with Gasteiger partial charge in [0.05, 0.1) is 18.8 Å². The summed E-state index contributed by atoms with van der Waals surface area (Å²) in [5.74, 6) is 0.643. The summed E-state index contributed by atoms with van der Waals surface area (Å²) in [6.07, 6.45) is 2.17. The molecule has 0 bridgehead atoms. The summed E-state index contributed by atoms with van der Waals surface area (Å²) in [6, 6.07) is 0. The molecule has 0 aliphatic carbocycles. The van der Waals surface area contributed by atoms with Crippen LogP contribution in [0.25, 0.3) is 0 Å². The molecule has 1 aliphatic rings. The van der Waals surface area contributed by atoms with E-state index in [1.807, 2.05) is 20.8 Å². The Hall–Kier alpha value is -1.69. The second-order valence-corrected chi connectivity index (χ2v) is 5.61. The number of fused-ring (bicyclic) bond motifs is 1. The summed E-state index contributed by atoms with van der Waals surface area (Å²) in [6.45, 7) is 7.03. The van der Waals surface area contributed by atoms with Crippen molar-refractivity contribution in [2.75, 3.05) is 6.54 Å². The van der Waals surface area contributed by atoms with Gasteiger partial charge < -0.3 is 15.4 Å². The van der Waals surface area contributed by atoms with Crippen LogP contribution in [0.2, 0.25) is 0 Å². The summed E-state index contributed by atoms with van der Waals surface area (Å²) >= 11 is 0. The molecule has 1 aliphatic heterocycles. The van der Waals surface area contributed by atoms with Gasteiger partial charge in [-0.05, 0) is 20.8 Å². The van der Waals surface area contributed by atoms with Crippen LogP contribution in [-0.4, -0.2) is 33.1 Å². The van der Waals surface area contributed by atoms with Crippen LogP contribution in [-0.2, 0) is 24.2 Å². The van der Waals surface area contributed by atoms with Crippen LogP contribution in [0.1, 0.15) is 37.9 Å². The zero-order valence-electron chi connectivity index (χ0n) is 11.6. The minimum Gasteiger partial charge on any atom is -0.444 e. The van der Waals surface area contributed by atoms with Crippen LogP contribution in [0.3, 0.4) is 0 Å². The van der Waals surface area contributed by atoms with Crippen molar-refractivity contribution in [3.05, 3.63) is 23.3 Å². The Morgan fingerprint density at radius 3 is 2.89 bits per heavy atom.